The Morgan fingerprint density at radius 2 is 2.19 bits per heavy atom. The molecule has 7 heteroatoms. The summed E-state index contributed by atoms with van der Waals surface area (Å²) in [5.74, 6) is -0.150. The molecule has 0 spiro atoms. The highest BCUT2D eigenvalue weighted by molar-refractivity contribution is 6.01. The number of nitrogens with one attached hydrogen (secondary N) is 1. The average molecular weight is 296 g/mol. The minimum Gasteiger partial charge on any atom is -0.338 e. The van der Waals surface area contributed by atoms with E-state index in [1.165, 1.54) is 4.90 Å². The van der Waals surface area contributed by atoms with Gasteiger partial charge in [0.15, 0.2) is 0 Å². The zero-order valence-corrected chi connectivity index (χ0v) is 12.5. The van der Waals surface area contributed by atoms with E-state index in [-0.39, 0.29) is 36.5 Å². The molecule has 7 nitrogen and oxygen atoms in total. The van der Waals surface area contributed by atoms with Crippen molar-refractivity contribution in [3.63, 3.8) is 0 Å². The van der Waals surface area contributed by atoms with E-state index < -0.39 is 0 Å². The van der Waals surface area contributed by atoms with E-state index in [0.29, 0.717) is 19.4 Å². The van der Waals surface area contributed by atoms with E-state index in [0.717, 1.165) is 25.8 Å². The fraction of sp³-hybridized carbons (Fsp3) is 0.786. The lowest BCUT2D eigenvalue weighted by atomic mass is 9.96. The van der Waals surface area contributed by atoms with Crippen molar-refractivity contribution < 1.29 is 14.4 Å². The number of urea groups is 1. The maximum absolute atomic E-state index is 12.3. The Kier molecular flexibility index (Phi) is 5.17. The smallest absolute Gasteiger partial charge is 0.324 e. The summed E-state index contributed by atoms with van der Waals surface area (Å²) in [6, 6.07) is -0.276. The molecule has 0 saturated carbocycles. The van der Waals surface area contributed by atoms with E-state index in [1.807, 2.05) is 11.8 Å². The van der Waals surface area contributed by atoms with Crippen molar-refractivity contribution in [3.8, 4) is 0 Å². The summed E-state index contributed by atoms with van der Waals surface area (Å²) in [4.78, 5) is 38.2. The Balaban J connectivity index is 1.80. The van der Waals surface area contributed by atoms with Gasteiger partial charge in [-0.1, -0.05) is 0 Å². The van der Waals surface area contributed by atoms with Crippen LogP contribution in [-0.4, -0.2) is 59.4 Å². The Morgan fingerprint density at radius 3 is 2.81 bits per heavy atom. The highest BCUT2D eigenvalue weighted by atomic mass is 16.2. The van der Waals surface area contributed by atoms with Gasteiger partial charge in [0, 0.05) is 31.6 Å². The van der Waals surface area contributed by atoms with Crippen molar-refractivity contribution in [2.75, 3.05) is 19.6 Å². The predicted molar refractivity (Wildman–Crippen MR) is 77.3 cm³/mol. The SMILES string of the molecule is CC(N)C1CCCCN1C(=O)CCCN1C(=O)CNC1=O. The third-order valence-electron chi connectivity index (χ3n) is 4.19. The minimum atomic E-state index is -0.362. The highest BCUT2D eigenvalue weighted by Crippen LogP contribution is 2.20. The van der Waals surface area contributed by atoms with Gasteiger partial charge in [0.2, 0.25) is 11.8 Å². The second-order valence-electron chi connectivity index (χ2n) is 5.82. The number of hydrogen-bond acceptors (Lipinski definition) is 4. The number of rotatable bonds is 5. The zero-order valence-electron chi connectivity index (χ0n) is 12.5. The Bertz CT molecular complexity index is 408. The van der Waals surface area contributed by atoms with Crippen LogP contribution in [0.3, 0.4) is 0 Å². The van der Waals surface area contributed by atoms with Gasteiger partial charge in [0.05, 0.1) is 6.54 Å². The molecule has 2 heterocycles. The second-order valence-corrected chi connectivity index (χ2v) is 5.82. The largest absolute Gasteiger partial charge is 0.338 e. The minimum absolute atomic E-state index is 0.0276. The summed E-state index contributed by atoms with van der Waals surface area (Å²) in [5.41, 5.74) is 5.96. The molecule has 2 atom stereocenters. The number of imide groups is 1. The third-order valence-corrected chi connectivity index (χ3v) is 4.19. The van der Waals surface area contributed by atoms with Gasteiger partial charge in [-0.25, -0.2) is 4.79 Å². The summed E-state index contributed by atoms with van der Waals surface area (Å²) in [6.07, 6.45) is 3.93. The molecule has 2 aliphatic heterocycles. The Morgan fingerprint density at radius 1 is 1.43 bits per heavy atom. The lowest BCUT2D eigenvalue weighted by Gasteiger charge is -2.38. The van der Waals surface area contributed by atoms with Gasteiger partial charge < -0.3 is 16.0 Å². The second kappa shape index (κ2) is 6.89. The molecule has 0 bridgehead atoms. The molecule has 118 valence electrons. The molecule has 3 N–H and O–H groups in total. The molecular weight excluding hydrogens is 272 g/mol. The third kappa shape index (κ3) is 3.72. The molecule has 0 radical (unpaired) electrons. The first kappa shape index (κ1) is 15.8. The number of likely N-dealkylation sites (tertiary alicyclic amines) is 1. The van der Waals surface area contributed by atoms with Gasteiger partial charge >= 0.3 is 6.03 Å². The number of piperidine rings is 1. The van der Waals surface area contributed by atoms with Crippen molar-refractivity contribution in [2.45, 2.75) is 51.1 Å². The fourth-order valence-corrected chi connectivity index (χ4v) is 3.03. The highest BCUT2D eigenvalue weighted by Gasteiger charge is 2.30. The first-order valence-corrected chi connectivity index (χ1v) is 7.64. The number of nitrogens with two attached hydrogens (primary N) is 1. The van der Waals surface area contributed by atoms with Gasteiger partial charge in [0.25, 0.3) is 0 Å². The zero-order chi connectivity index (χ0) is 15.4. The molecule has 2 unspecified atom stereocenters. The normalized spacial score (nSPS) is 24.2. The van der Waals surface area contributed by atoms with E-state index in [2.05, 4.69) is 5.32 Å². The summed E-state index contributed by atoms with van der Waals surface area (Å²) in [5, 5.41) is 2.47. The van der Waals surface area contributed by atoms with Crippen molar-refractivity contribution in [1.29, 1.82) is 0 Å². The lowest BCUT2D eigenvalue weighted by molar-refractivity contribution is -0.136. The first-order chi connectivity index (χ1) is 10.0. The maximum atomic E-state index is 12.3. The van der Waals surface area contributed by atoms with Crippen LogP contribution in [0.2, 0.25) is 0 Å². The molecule has 21 heavy (non-hydrogen) atoms. The monoisotopic (exact) mass is 296 g/mol. The standard InChI is InChI=1S/C14H24N4O3/c1-10(15)11-5-2-3-7-17(11)12(19)6-4-8-18-13(20)9-16-14(18)21/h10-11H,2-9,15H2,1H3,(H,16,21). The fourth-order valence-electron chi connectivity index (χ4n) is 3.03. The van der Waals surface area contributed by atoms with Crippen molar-refractivity contribution >= 4 is 17.8 Å². The quantitative estimate of drug-likeness (QED) is 0.701. The molecule has 0 aliphatic carbocycles. The number of nitrogens with zero attached hydrogens (tertiary/aromatic N) is 2. The molecule has 0 aromatic heterocycles. The summed E-state index contributed by atoms with van der Waals surface area (Å²) >= 11 is 0. The Labute approximate surface area is 124 Å². The molecule has 4 amide bonds. The van der Waals surface area contributed by atoms with Crippen molar-refractivity contribution in [1.82, 2.24) is 15.1 Å². The van der Waals surface area contributed by atoms with Crippen molar-refractivity contribution in [2.24, 2.45) is 5.73 Å². The van der Waals surface area contributed by atoms with E-state index in [4.69, 9.17) is 5.73 Å². The van der Waals surface area contributed by atoms with E-state index in [9.17, 15) is 14.4 Å². The van der Waals surface area contributed by atoms with Crippen LogP contribution >= 0.6 is 0 Å². The molecule has 0 aromatic rings. The maximum Gasteiger partial charge on any atom is 0.324 e. The van der Waals surface area contributed by atoms with Crippen LogP contribution in [0.4, 0.5) is 4.79 Å². The average Bonchev–Trinajstić information content (AvgIpc) is 2.78. The summed E-state index contributed by atoms with van der Waals surface area (Å²) in [6.45, 7) is 3.05. The van der Waals surface area contributed by atoms with Crippen LogP contribution in [0.25, 0.3) is 0 Å². The predicted octanol–water partition coefficient (Wildman–Crippen LogP) is 0.0467. The van der Waals surface area contributed by atoms with Crippen LogP contribution in [0.15, 0.2) is 0 Å². The summed E-state index contributed by atoms with van der Waals surface area (Å²) in [7, 11) is 0. The van der Waals surface area contributed by atoms with Crippen LogP contribution in [0, 0.1) is 0 Å². The number of hydrogen-bond donors (Lipinski definition) is 2. The van der Waals surface area contributed by atoms with Gasteiger partial charge in [-0.2, -0.15) is 0 Å². The molecule has 2 rings (SSSR count). The lowest BCUT2D eigenvalue weighted by Crippen LogP contribution is -2.51. The van der Waals surface area contributed by atoms with Gasteiger partial charge in [-0.3, -0.25) is 14.5 Å². The molecule has 0 aromatic carbocycles. The topological polar surface area (TPSA) is 95.7 Å². The van der Waals surface area contributed by atoms with Gasteiger partial charge in [-0.15, -0.1) is 0 Å². The van der Waals surface area contributed by atoms with Gasteiger partial charge in [0.1, 0.15) is 0 Å². The number of carbonyl (C=O) groups excluding carboxylic acids is 3. The molecule has 2 fully saturated rings. The first-order valence-electron chi connectivity index (χ1n) is 7.64. The Hall–Kier alpha value is -1.63. The van der Waals surface area contributed by atoms with Gasteiger partial charge in [-0.05, 0) is 32.6 Å². The molecular formula is C14H24N4O3. The summed E-state index contributed by atoms with van der Waals surface area (Å²) < 4.78 is 0. The molecule has 2 saturated heterocycles. The van der Waals surface area contributed by atoms with Crippen molar-refractivity contribution in [3.05, 3.63) is 0 Å². The van der Waals surface area contributed by atoms with E-state index >= 15 is 0 Å². The van der Waals surface area contributed by atoms with E-state index in [1.54, 1.807) is 0 Å². The molecule has 2 aliphatic rings. The number of carbonyl (C=O) groups is 3. The van der Waals surface area contributed by atoms with Crippen LogP contribution in [-0.2, 0) is 9.59 Å². The van der Waals surface area contributed by atoms with Crippen LogP contribution in [0.5, 0.6) is 0 Å². The van der Waals surface area contributed by atoms with Crippen LogP contribution in [0.1, 0.15) is 39.0 Å². The number of amides is 4. The van der Waals surface area contributed by atoms with Crippen LogP contribution < -0.4 is 11.1 Å².